The number of likely N-dealkylation sites (N-methyl/N-ethyl adjacent to an activating group) is 1. The number of nitrogens with one attached hydrogen (secondary N) is 1. The molecule has 0 bridgehead atoms. The summed E-state index contributed by atoms with van der Waals surface area (Å²) < 4.78 is 33.8. The van der Waals surface area contributed by atoms with Crippen molar-refractivity contribution >= 4 is 27.6 Å². The monoisotopic (exact) mass is 428 g/mol. The fraction of sp³-hybridized carbons (Fsp3) is 0.632. The summed E-state index contributed by atoms with van der Waals surface area (Å²) in [6.07, 6.45) is 0.615. The smallest absolute Gasteiger partial charge is 0.329 e. The zero-order valence-electron chi connectivity index (χ0n) is 17.1. The van der Waals surface area contributed by atoms with Gasteiger partial charge in [-0.3, -0.25) is 9.59 Å². The van der Waals surface area contributed by atoms with Crippen LogP contribution in [0.4, 0.5) is 0 Å². The summed E-state index contributed by atoms with van der Waals surface area (Å²) in [7, 11) is -3.15. The second-order valence-electron chi connectivity index (χ2n) is 7.43. The van der Waals surface area contributed by atoms with Crippen molar-refractivity contribution in [3.8, 4) is 0 Å². The van der Waals surface area contributed by atoms with E-state index in [1.165, 1.54) is 24.2 Å². The van der Waals surface area contributed by atoms with Gasteiger partial charge in [-0.1, -0.05) is 13.8 Å². The van der Waals surface area contributed by atoms with Gasteiger partial charge in [-0.05, 0) is 38.3 Å². The van der Waals surface area contributed by atoms with E-state index in [0.29, 0.717) is 13.0 Å². The molecule has 162 valence electrons. The summed E-state index contributed by atoms with van der Waals surface area (Å²) in [6, 6.07) is 1.64. The molecule has 0 aliphatic carbocycles. The summed E-state index contributed by atoms with van der Waals surface area (Å²) in [5.74, 6) is -2.02. The number of esters is 1. The van der Waals surface area contributed by atoms with Crippen molar-refractivity contribution in [1.82, 2.24) is 10.2 Å². The number of hydrogen-bond acceptors (Lipinski definition) is 7. The fourth-order valence-corrected chi connectivity index (χ4v) is 5.00. The maximum atomic E-state index is 12.8. The molecule has 1 saturated heterocycles. The van der Waals surface area contributed by atoms with Crippen LogP contribution in [0.15, 0.2) is 22.8 Å². The van der Waals surface area contributed by atoms with Gasteiger partial charge in [-0.2, -0.15) is 0 Å². The van der Waals surface area contributed by atoms with Gasteiger partial charge in [0.2, 0.25) is 0 Å². The normalized spacial score (nSPS) is 20.1. The van der Waals surface area contributed by atoms with Crippen molar-refractivity contribution < 1.29 is 32.0 Å². The zero-order valence-corrected chi connectivity index (χ0v) is 17.9. The summed E-state index contributed by atoms with van der Waals surface area (Å²) in [6.45, 7) is 6.98. The van der Waals surface area contributed by atoms with Gasteiger partial charge in [-0.25, -0.2) is 13.2 Å². The Kier molecular flexibility index (Phi) is 7.45. The largest absolute Gasteiger partial charge is 0.459 e. The van der Waals surface area contributed by atoms with Crippen molar-refractivity contribution in [1.29, 1.82) is 0 Å². The Morgan fingerprint density at radius 3 is 2.48 bits per heavy atom. The Morgan fingerprint density at radius 2 is 2.00 bits per heavy atom. The van der Waals surface area contributed by atoms with Crippen molar-refractivity contribution in [2.24, 2.45) is 5.92 Å². The number of carbonyl (C=O) groups excluding carboxylic acids is 3. The van der Waals surface area contributed by atoms with E-state index >= 15 is 0 Å². The van der Waals surface area contributed by atoms with Crippen LogP contribution in [0, 0.1) is 5.92 Å². The molecule has 0 aromatic carbocycles. The van der Waals surface area contributed by atoms with Crippen LogP contribution < -0.4 is 5.32 Å². The SMILES string of the molecule is CCN(C(=O)C(C)OC(=O)[C@@H](NC(=O)c1ccco1)C(C)C)C1CCS(=O)(=O)C1. The Hall–Kier alpha value is -2.36. The topological polar surface area (TPSA) is 123 Å². The molecule has 1 aliphatic rings. The first kappa shape index (κ1) is 22.9. The lowest BCUT2D eigenvalue weighted by Crippen LogP contribution is -2.50. The fourth-order valence-electron chi connectivity index (χ4n) is 3.26. The van der Waals surface area contributed by atoms with Gasteiger partial charge in [0.1, 0.15) is 6.04 Å². The molecule has 10 heteroatoms. The highest BCUT2D eigenvalue weighted by Crippen LogP contribution is 2.19. The first-order valence-electron chi connectivity index (χ1n) is 9.61. The molecular weight excluding hydrogens is 400 g/mol. The molecule has 0 spiro atoms. The van der Waals surface area contributed by atoms with Crippen LogP contribution in [0.5, 0.6) is 0 Å². The van der Waals surface area contributed by atoms with E-state index in [1.54, 1.807) is 26.8 Å². The number of furan rings is 1. The number of carbonyl (C=O) groups is 3. The van der Waals surface area contributed by atoms with Crippen LogP contribution in [0.1, 0.15) is 44.7 Å². The average Bonchev–Trinajstić information content (AvgIpc) is 3.29. The van der Waals surface area contributed by atoms with Crippen molar-refractivity contribution in [2.45, 2.75) is 52.3 Å². The van der Waals surface area contributed by atoms with Crippen LogP contribution in [0.2, 0.25) is 0 Å². The lowest BCUT2D eigenvalue weighted by atomic mass is 10.0. The maximum Gasteiger partial charge on any atom is 0.329 e. The molecule has 0 saturated carbocycles. The predicted octanol–water partition coefficient (Wildman–Crippen LogP) is 1.00. The van der Waals surface area contributed by atoms with Gasteiger partial charge in [0.05, 0.1) is 17.8 Å². The molecular formula is C19H28N2O7S. The summed E-state index contributed by atoms with van der Waals surface area (Å²) in [5.41, 5.74) is 0. The van der Waals surface area contributed by atoms with Crippen molar-refractivity contribution in [2.75, 3.05) is 18.1 Å². The third-order valence-corrected chi connectivity index (χ3v) is 6.62. The number of ether oxygens (including phenoxy) is 1. The summed E-state index contributed by atoms with van der Waals surface area (Å²) in [4.78, 5) is 39.0. The number of rotatable bonds is 8. The van der Waals surface area contributed by atoms with Gasteiger partial charge >= 0.3 is 5.97 Å². The molecule has 1 aromatic rings. The quantitative estimate of drug-likeness (QED) is 0.613. The highest BCUT2D eigenvalue weighted by Gasteiger charge is 2.37. The maximum absolute atomic E-state index is 12.8. The van der Waals surface area contributed by atoms with Gasteiger partial charge in [0.15, 0.2) is 21.7 Å². The first-order chi connectivity index (χ1) is 13.6. The van der Waals surface area contributed by atoms with Crippen LogP contribution in [0.25, 0.3) is 0 Å². The van der Waals surface area contributed by atoms with E-state index in [9.17, 15) is 22.8 Å². The number of hydrogen-bond donors (Lipinski definition) is 1. The van der Waals surface area contributed by atoms with Gasteiger partial charge in [0.25, 0.3) is 11.8 Å². The molecule has 2 unspecified atom stereocenters. The summed E-state index contributed by atoms with van der Waals surface area (Å²) in [5, 5.41) is 2.56. The van der Waals surface area contributed by atoms with Crippen LogP contribution in [-0.2, 0) is 24.2 Å². The van der Waals surface area contributed by atoms with Crippen LogP contribution in [-0.4, -0.2) is 67.3 Å². The second kappa shape index (κ2) is 9.43. The highest BCUT2D eigenvalue weighted by atomic mass is 32.2. The third-order valence-electron chi connectivity index (χ3n) is 4.87. The molecule has 1 aromatic heterocycles. The number of sulfone groups is 1. The Morgan fingerprint density at radius 1 is 1.31 bits per heavy atom. The van der Waals surface area contributed by atoms with Gasteiger partial charge in [0, 0.05) is 12.6 Å². The minimum Gasteiger partial charge on any atom is -0.459 e. The zero-order chi connectivity index (χ0) is 21.8. The Labute approximate surface area is 170 Å². The lowest BCUT2D eigenvalue weighted by molar-refractivity contribution is -0.162. The Balaban J connectivity index is 2.02. The molecule has 0 radical (unpaired) electrons. The summed E-state index contributed by atoms with van der Waals surface area (Å²) >= 11 is 0. The van der Waals surface area contributed by atoms with E-state index in [1.807, 2.05) is 0 Å². The molecule has 2 rings (SSSR count). The van der Waals surface area contributed by atoms with Crippen LogP contribution >= 0.6 is 0 Å². The van der Waals surface area contributed by atoms with E-state index < -0.39 is 45.8 Å². The van der Waals surface area contributed by atoms with Gasteiger partial charge < -0.3 is 19.4 Å². The van der Waals surface area contributed by atoms with E-state index in [2.05, 4.69) is 5.32 Å². The molecule has 2 heterocycles. The lowest BCUT2D eigenvalue weighted by Gasteiger charge is -2.30. The predicted molar refractivity (Wildman–Crippen MR) is 105 cm³/mol. The molecule has 1 fully saturated rings. The van der Waals surface area contributed by atoms with Gasteiger partial charge in [-0.15, -0.1) is 0 Å². The molecule has 29 heavy (non-hydrogen) atoms. The molecule has 1 N–H and O–H groups in total. The van der Waals surface area contributed by atoms with E-state index in [-0.39, 0.29) is 23.2 Å². The average molecular weight is 429 g/mol. The van der Waals surface area contributed by atoms with E-state index in [0.717, 1.165) is 0 Å². The molecule has 9 nitrogen and oxygen atoms in total. The minimum atomic E-state index is -3.15. The molecule has 3 atom stereocenters. The standard InChI is InChI=1S/C19H28N2O7S/c1-5-21(14-8-10-29(25,26)11-14)18(23)13(4)28-19(24)16(12(2)3)20-17(22)15-7-6-9-27-15/h6-7,9,12-14,16H,5,8,10-11H2,1-4H3,(H,20,22)/t13?,14?,16-/m0/s1. The Bertz CT molecular complexity index is 833. The minimum absolute atomic E-state index is 0.0455. The molecule has 2 amide bonds. The third kappa shape index (κ3) is 5.81. The van der Waals surface area contributed by atoms with Crippen molar-refractivity contribution in [3.63, 3.8) is 0 Å². The van der Waals surface area contributed by atoms with Crippen LogP contribution in [0.3, 0.4) is 0 Å². The highest BCUT2D eigenvalue weighted by molar-refractivity contribution is 7.91. The first-order valence-corrected chi connectivity index (χ1v) is 11.4. The number of amides is 2. The molecule has 1 aliphatic heterocycles. The number of nitrogens with zero attached hydrogens (tertiary/aromatic N) is 1. The second-order valence-corrected chi connectivity index (χ2v) is 9.66. The van der Waals surface area contributed by atoms with E-state index in [4.69, 9.17) is 9.15 Å². The van der Waals surface area contributed by atoms with Crippen molar-refractivity contribution in [3.05, 3.63) is 24.2 Å².